The summed E-state index contributed by atoms with van der Waals surface area (Å²) in [5.74, 6) is 1.07. The molecule has 1 saturated heterocycles. The molecule has 3 rings (SSSR count). The van der Waals surface area contributed by atoms with Gasteiger partial charge in [-0.05, 0) is 57.4 Å². The number of aryl methyl sites for hydroxylation is 1. The van der Waals surface area contributed by atoms with Crippen molar-refractivity contribution in [2.24, 2.45) is 0 Å². The Kier molecular flexibility index (Phi) is 5.24. The normalized spacial score (nSPS) is 17.8. The fraction of sp³-hybridized carbons (Fsp3) is 0.450. The maximum Gasteiger partial charge on any atom is 0.242 e. The van der Waals surface area contributed by atoms with E-state index in [0.29, 0.717) is 19.1 Å². The number of benzene rings is 1. The van der Waals surface area contributed by atoms with E-state index in [2.05, 4.69) is 43.0 Å². The minimum atomic E-state index is 0.203. The summed E-state index contributed by atoms with van der Waals surface area (Å²) in [6.45, 7) is 6.08. The van der Waals surface area contributed by atoms with E-state index in [1.165, 1.54) is 12.0 Å². The number of likely N-dealkylation sites (tertiary alicyclic amines) is 1. The van der Waals surface area contributed by atoms with E-state index < -0.39 is 0 Å². The largest absolute Gasteiger partial charge is 0.467 e. The topological polar surface area (TPSA) is 36.7 Å². The fourth-order valence-electron chi connectivity index (χ4n) is 3.31. The molecule has 1 fully saturated rings. The first-order valence-electron chi connectivity index (χ1n) is 8.77. The van der Waals surface area contributed by atoms with Gasteiger partial charge in [-0.3, -0.25) is 4.79 Å². The Morgan fingerprint density at radius 2 is 2.04 bits per heavy atom. The Morgan fingerprint density at radius 3 is 2.71 bits per heavy atom. The fourth-order valence-corrected chi connectivity index (χ4v) is 3.31. The van der Waals surface area contributed by atoms with E-state index in [0.717, 1.165) is 30.8 Å². The molecule has 2 aromatic rings. The molecule has 1 unspecified atom stereocenters. The zero-order chi connectivity index (χ0) is 16.9. The molecule has 0 aliphatic carbocycles. The number of hydrogen-bond acceptors (Lipinski definition) is 3. The van der Waals surface area contributed by atoms with E-state index in [9.17, 15) is 4.79 Å². The first kappa shape index (κ1) is 16.6. The van der Waals surface area contributed by atoms with Crippen molar-refractivity contribution in [2.45, 2.75) is 45.7 Å². The number of piperidine rings is 1. The van der Waals surface area contributed by atoms with Gasteiger partial charge in [-0.2, -0.15) is 0 Å². The maximum absolute atomic E-state index is 12.8. The number of furan rings is 1. The molecule has 0 spiro atoms. The third-order valence-corrected chi connectivity index (χ3v) is 4.78. The van der Waals surface area contributed by atoms with Gasteiger partial charge in [-0.15, -0.1) is 0 Å². The van der Waals surface area contributed by atoms with Crippen LogP contribution in [0.2, 0.25) is 0 Å². The predicted molar refractivity (Wildman–Crippen MR) is 96.0 cm³/mol. The number of carbonyl (C=O) groups excluding carboxylic acids is 1. The van der Waals surface area contributed by atoms with Crippen LogP contribution >= 0.6 is 0 Å². The van der Waals surface area contributed by atoms with Gasteiger partial charge in [0.1, 0.15) is 5.76 Å². The third-order valence-electron chi connectivity index (χ3n) is 4.78. The molecule has 0 saturated carbocycles. The smallest absolute Gasteiger partial charge is 0.242 e. The van der Waals surface area contributed by atoms with Gasteiger partial charge in [-0.1, -0.05) is 17.7 Å². The van der Waals surface area contributed by atoms with Crippen LogP contribution in [-0.2, 0) is 11.3 Å². The van der Waals surface area contributed by atoms with Crippen molar-refractivity contribution in [1.82, 2.24) is 4.90 Å². The highest BCUT2D eigenvalue weighted by molar-refractivity contribution is 5.81. The summed E-state index contributed by atoms with van der Waals surface area (Å²) < 4.78 is 5.49. The molecule has 128 valence electrons. The van der Waals surface area contributed by atoms with Crippen molar-refractivity contribution in [2.75, 3.05) is 18.0 Å². The SMILES string of the molecule is Cc1ccc(N(CC(=O)N2CCCCC2C)Cc2ccco2)cc1. The van der Waals surface area contributed by atoms with Crippen LogP contribution in [0.15, 0.2) is 47.1 Å². The Bertz CT molecular complexity index is 649. The molecule has 1 amide bonds. The molecule has 0 bridgehead atoms. The second kappa shape index (κ2) is 7.56. The van der Waals surface area contributed by atoms with E-state index >= 15 is 0 Å². The summed E-state index contributed by atoms with van der Waals surface area (Å²) in [6.07, 6.45) is 5.11. The highest BCUT2D eigenvalue weighted by Crippen LogP contribution is 2.21. The van der Waals surface area contributed by atoms with Gasteiger partial charge in [-0.25, -0.2) is 0 Å². The molecular formula is C20H26N2O2. The van der Waals surface area contributed by atoms with Crippen LogP contribution in [0, 0.1) is 6.92 Å². The number of rotatable bonds is 5. The molecule has 1 aromatic heterocycles. The highest BCUT2D eigenvalue weighted by atomic mass is 16.3. The molecule has 1 aliphatic heterocycles. The second-order valence-electron chi connectivity index (χ2n) is 6.70. The van der Waals surface area contributed by atoms with Crippen molar-refractivity contribution in [3.63, 3.8) is 0 Å². The summed E-state index contributed by atoms with van der Waals surface area (Å²) in [7, 11) is 0. The van der Waals surface area contributed by atoms with E-state index in [-0.39, 0.29) is 5.91 Å². The van der Waals surface area contributed by atoms with Gasteiger partial charge in [0.2, 0.25) is 5.91 Å². The standard InChI is InChI=1S/C20H26N2O2/c1-16-8-10-18(11-9-16)21(14-19-7-5-13-24-19)15-20(23)22-12-4-3-6-17(22)2/h5,7-11,13,17H,3-4,6,12,14-15H2,1-2H3. The lowest BCUT2D eigenvalue weighted by Crippen LogP contribution is -2.46. The summed E-state index contributed by atoms with van der Waals surface area (Å²) in [6, 6.07) is 12.5. The lowest BCUT2D eigenvalue weighted by atomic mass is 10.0. The molecule has 4 nitrogen and oxygen atoms in total. The molecule has 24 heavy (non-hydrogen) atoms. The zero-order valence-corrected chi connectivity index (χ0v) is 14.6. The third kappa shape index (κ3) is 3.99. The summed E-state index contributed by atoms with van der Waals surface area (Å²) in [5.41, 5.74) is 2.27. The Labute approximate surface area is 144 Å². The summed E-state index contributed by atoms with van der Waals surface area (Å²) in [5, 5.41) is 0. The van der Waals surface area contributed by atoms with Gasteiger partial charge in [0.25, 0.3) is 0 Å². The van der Waals surface area contributed by atoms with Crippen LogP contribution in [0.5, 0.6) is 0 Å². The minimum absolute atomic E-state index is 0.203. The molecule has 1 aromatic carbocycles. The molecule has 0 radical (unpaired) electrons. The van der Waals surface area contributed by atoms with Crippen LogP contribution in [0.3, 0.4) is 0 Å². The van der Waals surface area contributed by atoms with Crippen LogP contribution in [0.4, 0.5) is 5.69 Å². The first-order chi connectivity index (χ1) is 11.6. The second-order valence-corrected chi connectivity index (χ2v) is 6.70. The molecule has 1 atom stereocenters. The average Bonchev–Trinajstić information content (AvgIpc) is 3.08. The van der Waals surface area contributed by atoms with Gasteiger partial charge < -0.3 is 14.2 Å². The minimum Gasteiger partial charge on any atom is -0.467 e. The maximum atomic E-state index is 12.8. The lowest BCUT2D eigenvalue weighted by molar-refractivity contribution is -0.132. The molecular weight excluding hydrogens is 300 g/mol. The van der Waals surface area contributed by atoms with Crippen molar-refractivity contribution < 1.29 is 9.21 Å². The number of hydrogen-bond donors (Lipinski definition) is 0. The Morgan fingerprint density at radius 1 is 1.25 bits per heavy atom. The monoisotopic (exact) mass is 326 g/mol. The van der Waals surface area contributed by atoms with Crippen LogP contribution in [0.25, 0.3) is 0 Å². The zero-order valence-electron chi connectivity index (χ0n) is 14.6. The molecule has 2 heterocycles. The highest BCUT2D eigenvalue weighted by Gasteiger charge is 2.25. The first-order valence-corrected chi connectivity index (χ1v) is 8.77. The lowest BCUT2D eigenvalue weighted by Gasteiger charge is -2.35. The molecule has 1 aliphatic rings. The van der Waals surface area contributed by atoms with Gasteiger partial charge in [0, 0.05) is 18.3 Å². The number of amides is 1. The summed E-state index contributed by atoms with van der Waals surface area (Å²) >= 11 is 0. The van der Waals surface area contributed by atoms with Gasteiger partial charge in [0.05, 0.1) is 19.4 Å². The van der Waals surface area contributed by atoms with Gasteiger partial charge >= 0.3 is 0 Å². The quantitative estimate of drug-likeness (QED) is 0.833. The summed E-state index contributed by atoms with van der Waals surface area (Å²) in [4.78, 5) is 17.0. The van der Waals surface area contributed by atoms with E-state index in [1.807, 2.05) is 17.0 Å². The van der Waals surface area contributed by atoms with Gasteiger partial charge in [0.15, 0.2) is 0 Å². The predicted octanol–water partition coefficient (Wildman–Crippen LogP) is 4.00. The molecule has 4 heteroatoms. The number of carbonyl (C=O) groups is 1. The van der Waals surface area contributed by atoms with Crippen LogP contribution in [-0.4, -0.2) is 29.9 Å². The Hall–Kier alpha value is -2.23. The number of anilines is 1. The van der Waals surface area contributed by atoms with Crippen molar-refractivity contribution in [1.29, 1.82) is 0 Å². The van der Waals surface area contributed by atoms with E-state index in [4.69, 9.17) is 4.42 Å². The van der Waals surface area contributed by atoms with Crippen molar-refractivity contribution in [3.05, 3.63) is 54.0 Å². The van der Waals surface area contributed by atoms with Crippen LogP contribution < -0.4 is 4.90 Å². The van der Waals surface area contributed by atoms with Crippen molar-refractivity contribution >= 4 is 11.6 Å². The van der Waals surface area contributed by atoms with Crippen molar-refractivity contribution in [3.8, 4) is 0 Å². The molecule has 0 N–H and O–H groups in total. The number of nitrogens with zero attached hydrogens (tertiary/aromatic N) is 2. The average molecular weight is 326 g/mol. The van der Waals surface area contributed by atoms with Crippen LogP contribution in [0.1, 0.15) is 37.5 Å². The van der Waals surface area contributed by atoms with E-state index in [1.54, 1.807) is 6.26 Å². The Balaban J connectivity index is 1.76.